The second-order valence-corrected chi connectivity index (χ2v) is 10.4. The van der Waals surface area contributed by atoms with E-state index in [2.05, 4.69) is 48.5 Å². The van der Waals surface area contributed by atoms with Crippen molar-refractivity contribution in [2.45, 2.75) is 105 Å². The van der Waals surface area contributed by atoms with Gasteiger partial charge in [-0.3, -0.25) is 0 Å². The Morgan fingerprint density at radius 1 is 1.00 bits per heavy atom. The van der Waals surface area contributed by atoms with Crippen molar-refractivity contribution < 1.29 is 5.11 Å². The highest BCUT2D eigenvalue weighted by Crippen LogP contribution is 2.41. The van der Waals surface area contributed by atoms with Crippen molar-refractivity contribution in [3.8, 4) is 5.75 Å². The van der Waals surface area contributed by atoms with Gasteiger partial charge in [0, 0.05) is 0 Å². The van der Waals surface area contributed by atoms with Crippen molar-refractivity contribution in [2.24, 2.45) is 17.3 Å². The van der Waals surface area contributed by atoms with Crippen LogP contribution in [0.5, 0.6) is 5.75 Å². The molecule has 1 nitrogen and oxygen atoms in total. The van der Waals surface area contributed by atoms with Crippen LogP contribution in [0.4, 0.5) is 0 Å². The molecule has 1 aliphatic rings. The van der Waals surface area contributed by atoms with Crippen LogP contribution < -0.4 is 0 Å². The number of rotatable bonds is 6. The van der Waals surface area contributed by atoms with Crippen LogP contribution in [0.3, 0.4) is 0 Å². The highest BCUT2D eigenvalue weighted by Gasteiger charge is 2.29. The first kappa shape index (κ1) is 23.1. The molecule has 1 heteroatoms. The molecule has 0 radical (unpaired) electrons. The molecule has 1 atom stereocenters. The van der Waals surface area contributed by atoms with Crippen LogP contribution in [0.1, 0.15) is 105 Å². The molecule has 0 spiro atoms. The lowest BCUT2D eigenvalue weighted by Crippen LogP contribution is -2.25. The Morgan fingerprint density at radius 2 is 1.62 bits per heavy atom. The van der Waals surface area contributed by atoms with Crippen LogP contribution in [0.25, 0.3) is 0 Å². The molecule has 0 aromatic heterocycles. The lowest BCUT2D eigenvalue weighted by atomic mass is 9.69. The summed E-state index contributed by atoms with van der Waals surface area (Å²) in [6, 6.07) is 7.46. The zero-order valence-corrected chi connectivity index (χ0v) is 18.6. The van der Waals surface area contributed by atoms with E-state index in [-0.39, 0.29) is 5.41 Å². The molecule has 150 valence electrons. The van der Waals surface area contributed by atoms with Crippen molar-refractivity contribution in [3.05, 3.63) is 29.8 Å². The molecule has 0 aliphatic heterocycles. The van der Waals surface area contributed by atoms with Crippen LogP contribution in [-0.4, -0.2) is 5.11 Å². The largest absolute Gasteiger partial charge is 0.508 e. The first-order valence-corrected chi connectivity index (χ1v) is 10.8. The van der Waals surface area contributed by atoms with Crippen molar-refractivity contribution >= 4 is 0 Å². The first-order valence-electron chi connectivity index (χ1n) is 10.8. The molecular weight excluding hydrogens is 316 g/mol. The fourth-order valence-electron chi connectivity index (χ4n) is 3.78. The summed E-state index contributed by atoms with van der Waals surface area (Å²) < 4.78 is 0. The van der Waals surface area contributed by atoms with Gasteiger partial charge in [0.05, 0.1) is 0 Å². The Bertz CT molecular complexity index is 500. The summed E-state index contributed by atoms with van der Waals surface area (Å²) >= 11 is 0. The minimum Gasteiger partial charge on any atom is -0.508 e. The molecule has 2 rings (SSSR count). The molecule has 0 amide bonds. The van der Waals surface area contributed by atoms with E-state index in [1.165, 1.54) is 51.4 Å². The maximum absolute atomic E-state index is 9.45. The Hall–Kier alpha value is -0.980. The van der Waals surface area contributed by atoms with E-state index < -0.39 is 0 Å². The summed E-state index contributed by atoms with van der Waals surface area (Å²) in [5, 5.41) is 9.45. The van der Waals surface area contributed by atoms with Gasteiger partial charge in [0.15, 0.2) is 0 Å². The molecule has 1 saturated carbocycles. The number of phenols is 1. The molecule has 1 fully saturated rings. The minimum atomic E-state index is 0.0331. The topological polar surface area (TPSA) is 20.2 Å². The SMILES string of the molecule is CC(C)(C)c1ccccc1O.CCCCCC(CC1CCC1)C(C)(C)C. The van der Waals surface area contributed by atoms with E-state index in [9.17, 15) is 5.11 Å². The molecule has 0 saturated heterocycles. The smallest absolute Gasteiger partial charge is 0.119 e. The minimum absolute atomic E-state index is 0.0331. The molecule has 1 unspecified atom stereocenters. The summed E-state index contributed by atoms with van der Waals surface area (Å²) in [7, 11) is 0. The molecular formula is C25H44O. The molecule has 0 heterocycles. The number of hydrogen-bond donors (Lipinski definition) is 1. The Labute approximate surface area is 163 Å². The Balaban J connectivity index is 0.000000273. The monoisotopic (exact) mass is 360 g/mol. The Kier molecular flexibility index (Phi) is 9.21. The summed E-state index contributed by atoms with van der Waals surface area (Å²) in [4.78, 5) is 0. The van der Waals surface area contributed by atoms with Gasteiger partial charge in [-0.25, -0.2) is 0 Å². The standard InChI is InChI=1S/C15H30.C10H14O/c1-5-6-7-11-14(15(2,3)4)12-13-9-8-10-13;1-10(2,3)8-6-4-5-7-9(8)11/h13-14H,5-12H2,1-4H3;4-7,11H,1-3H3. The van der Waals surface area contributed by atoms with Crippen LogP contribution in [0.2, 0.25) is 0 Å². The van der Waals surface area contributed by atoms with E-state index in [1.54, 1.807) is 6.07 Å². The van der Waals surface area contributed by atoms with Gasteiger partial charge in [-0.15, -0.1) is 0 Å². The van der Waals surface area contributed by atoms with Crippen LogP contribution in [0.15, 0.2) is 24.3 Å². The van der Waals surface area contributed by atoms with Crippen molar-refractivity contribution in [2.75, 3.05) is 0 Å². The van der Waals surface area contributed by atoms with Gasteiger partial charge in [0.2, 0.25) is 0 Å². The summed E-state index contributed by atoms with van der Waals surface area (Å²) in [6.07, 6.45) is 11.7. The fraction of sp³-hybridized carbons (Fsp3) is 0.760. The first-order chi connectivity index (χ1) is 12.1. The highest BCUT2D eigenvalue weighted by atomic mass is 16.3. The van der Waals surface area contributed by atoms with Gasteiger partial charge in [0.1, 0.15) is 5.75 Å². The van der Waals surface area contributed by atoms with Gasteiger partial charge < -0.3 is 5.11 Å². The summed E-state index contributed by atoms with van der Waals surface area (Å²) in [5.74, 6) is 2.44. The number of phenolic OH excluding ortho intramolecular Hbond substituents is 1. The zero-order valence-electron chi connectivity index (χ0n) is 18.6. The maximum atomic E-state index is 9.45. The molecule has 1 aromatic rings. The van der Waals surface area contributed by atoms with Crippen molar-refractivity contribution in [1.29, 1.82) is 0 Å². The normalized spacial score (nSPS) is 16.4. The van der Waals surface area contributed by atoms with Gasteiger partial charge >= 0.3 is 0 Å². The van der Waals surface area contributed by atoms with Gasteiger partial charge in [0.25, 0.3) is 0 Å². The van der Waals surface area contributed by atoms with Crippen molar-refractivity contribution in [1.82, 2.24) is 0 Å². The van der Waals surface area contributed by atoms with Gasteiger partial charge in [-0.05, 0) is 47.1 Å². The zero-order chi connectivity index (χ0) is 19.8. The van der Waals surface area contributed by atoms with Crippen LogP contribution in [-0.2, 0) is 5.41 Å². The summed E-state index contributed by atoms with van der Waals surface area (Å²) in [6.45, 7) is 15.9. The van der Waals surface area contributed by atoms with Gasteiger partial charge in [-0.2, -0.15) is 0 Å². The van der Waals surface area contributed by atoms with E-state index >= 15 is 0 Å². The third-order valence-electron chi connectivity index (χ3n) is 5.94. The lowest BCUT2D eigenvalue weighted by Gasteiger charge is -2.37. The number of para-hydroxylation sites is 1. The van der Waals surface area contributed by atoms with Crippen LogP contribution >= 0.6 is 0 Å². The second kappa shape index (κ2) is 10.4. The second-order valence-electron chi connectivity index (χ2n) is 10.4. The molecule has 26 heavy (non-hydrogen) atoms. The van der Waals surface area contributed by atoms with Gasteiger partial charge in [-0.1, -0.05) is 105 Å². The van der Waals surface area contributed by atoms with E-state index in [0.29, 0.717) is 11.2 Å². The highest BCUT2D eigenvalue weighted by molar-refractivity contribution is 5.36. The van der Waals surface area contributed by atoms with Crippen molar-refractivity contribution in [3.63, 3.8) is 0 Å². The maximum Gasteiger partial charge on any atom is 0.119 e. The third-order valence-corrected chi connectivity index (χ3v) is 5.94. The van der Waals surface area contributed by atoms with E-state index in [0.717, 1.165) is 17.4 Å². The number of unbranched alkanes of at least 4 members (excludes halogenated alkanes) is 2. The average Bonchev–Trinajstić information content (AvgIpc) is 2.47. The number of aromatic hydroxyl groups is 1. The molecule has 1 N–H and O–H groups in total. The quantitative estimate of drug-likeness (QED) is 0.508. The van der Waals surface area contributed by atoms with Crippen LogP contribution in [0, 0.1) is 17.3 Å². The predicted octanol–water partition coefficient (Wildman–Crippen LogP) is 8.11. The predicted molar refractivity (Wildman–Crippen MR) is 116 cm³/mol. The number of benzene rings is 1. The third kappa shape index (κ3) is 8.14. The fourth-order valence-corrected chi connectivity index (χ4v) is 3.78. The van der Waals surface area contributed by atoms with E-state index in [1.807, 2.05) is 18.2 Å². The summed E-state index contributed by atoms with van der Waals surface area (Å²) in [5.41, 5.74) is 1.56. The molecule has 0 bridgehead atoms. The van der Waals surface area contributed by atoms with E-state index in [4.69, 9.17) is 0 Å². The average molecular weight is 361 g/mol. The lowest BCUT2D eigenvalue weighted by molar-refractivity contribution is 0.145. The molecule has 1 aromatic carbocycles. The number of hydrogen-bond acceptors (Lipinski definition) is 1. The Morgan fingerprint density at radius 3 is 2.00 bits per heavy atom. The molecule has 1 aliphatic carbocycles.